The number of nitrogens with one attached hydrogen (secondary N) is 1. The zero-order chi connectivity index (χ0) is 12.4. The molecular weight excluding hydrogens is 284 g/mol. The van der Waals surface area contributed by atoms with Gasteiger partial charge in [-0.3, -0.25) is 4.79 Å². The molecule has 1 amide bonds. The largest absolute Gasteiger partial charge is 0.466 e. The number of aryl methyl sites for hydroxylation is 2. The van der Waals surface area contributed by atoms with Crippen LogP contribution in [-0.4, -0.2) is 10.9 Å². The van der Waals surface area contributed by atoms with Crippen molar-refractivity contribution >= 4 is 27.7 Å². The summed E-state index contributed by atoms with van der Waals surface area (Å²) >= 11 is 3.28. The molecule has 0 aliphatic heterocycles. The van der Waals surface area contributed by atoms with Gasteiger partial charge in [0.2, 0.25) is 0 Å². The summed E-state index contributed by atoms with van der Waals surface area (Å²) in [7, 11) is 0. The number of anilines is 1. The number of halogens is 1. The van der Waals surface area contributed by atoms with Crippen molar-refractivity contribution in [3.8, 4) is 0 Å². The Morgan fingerprint density at radius 2 is 2.18 bits per heavy atom. The molecule has 0 atom stereocenters. The number of carbonyl (C=O) groups excluding carboxylic acids is 1. The van der Waals surface area contributed by atoms with Crippen LogP contribution in [0.15, 0.2) is 33.3 Å². The first kappa shape index (κ1) is 11.9. The van der Waals surface area contributed by atoms with Gasteiger partial charge in [0.25, 0.3) is 5.91 Å². The maximum absolute atomic E-state index is 11.9. The molecule has 0 unspecified atom stereocenters. The second kappa shape index (κ2) is 4.71. The third-order valence-corrected chi connectivity index (χ3v) is 2.72. The Kier molecular flexibility index (Phi) is 3.28. The van der Waals surface area contributed by atoms with Crippen molar-refractivity contribution in [2.45, 2.75) is 13.8 Å². The minimum Gasteiger partial charge on any atom is -0.466 e. The van der Waals surface area contributed by atoms with Gasteiger partial charge in [0.05, 0.1) is 5.56 Å². The molecule has 0 aliphatic carbocycles. The van der Waals surface area contributed by atoms with Crippen molar-refractivity contribution in [2.24, 2.45) is 0 Å². The van der Waals surface area contributed by atoms with E-state index in [0.29, 0.717) is 17.1 Å². The van der Waals surface area contributed by atoms with Crippen LogP contribution in [-0.2, 0) is 0 Å². The summed E-state index contributed by atoms with van der Waals surface area (Å²) in [5.41, 5.74) is 0.534. The van der Waals surface area contributed by atoms with E-state index < -0.39 is 0 Å². The Morgan fingerprint density at radius 1 is 1.41 bits per heavy atom. The van der Waals surface area contributed by atoms with Gasteiger partial charge >= 0.3 is 0 Å². The molecule has 2 heterocycles. The van der Waals surface area contributed by atoms with Crippen molar-refractivity contribution in [2.75, 3.05) is 5.32 Å². The summed E-state index contributed by atoms with van der Waals surface area (Å²) in [4.78, 5) is 16.0. The van der Waals surface area contributed by atoms with Gasteiger partial charge in [-0.2, -0.15) is 0 Å². The summed E-state index contributed by atoms with van der Waals surface area (Å²) in [5.74, 6) is 1.62. The number of furan rings is 1. The molecule has 0 aliphatic rings. The molecule has 2 aromatic rings. The SMILES string of the molecule is Cc1cc(C(=O)Nc2ccc(Br)cn2)c(C)o1. The molecule has 0 bridgehead atoms. The zero-order valence-electron chi connectivity index (χ0n) is 9.45. The Balaban J connectivity index is 2.17. The van der Waals surface area contributed by atoms with E-state index in [2.05, 4.69) is 26.2 Å². The highest BCUT2D eigenvalue weighted by Gasteiger charge is 2.13. The lowest BCUT2D eigenvalue weighted by molar-refractivity contribution is 0.102. The van der Waals surface area contributed by atoms with Gasteiger partial charge in [-0.1, -0.05) is 0 Å². The van der Waals surface area contributed by atoms with Gasteiger partial charge in [0.15, 0.2) is 0 Å². The van der Waals surface area contributed by atoms with Gasteiger partial charge in [-0.25, -0.2) is 4.98 Å². The van der Waals surface area contributed by atoms with Crippen molar-refractivity contribution in [1.82, 2.24) is 4.98 Å². The maximum Gasteiger partial charge on any atom is 0.260 e. The first-order valence-corrected chi connectivity index (χ1v) is 5.85. The molecule has 0 radical (unpaired) electrons. The van der Waals surface area contributed by atoms with E-state index in [9.17, 15) is 4.79 Å². The van der Waals surface area contributed by atoms with Crippen LogP contribution in [0.25, 0.3) is 0 Å². The maximum atomic E-state index is 11.9. The van der Waals surface area contributed by atoms with Crippen LogP contribution >= 0.6 is 15.9 Å². The van der Waals surface area contributed by atoms with Crippen LogP contribution in [0.1, 0.15) is 21.9 Å². The van der Waals surface area contributed by atoms with Crippen LogP contribution in [0, 0.1) is 13.8 Å². The summed E-state index contributed by atoms with van der Waals surface area (Å²) in [6.07, 6.45) is 1.63. The average molecular weight is 295 g/mol. The Bertz CT molecular complexity index is 546. The van der Waals surface area contributed by atoms with Crippen LogP contribution in [0.2, 0.25) is 0 Å². The standard InChI is InChI=1S/C12H11BrN2O2/c1-7-5-10(8(2)17-7)12(16)15-11-4-3-9(13)6-14-11/h3-6H,1-2H3,(H,14,15,16). The highest BCUT2D eigenvalue weighted by atomic mass is 79.9. The fraction of sp³-hybridized carbons (Fsp3) is 0.167. The number of hydrogen-bond acceptors (Lipinski definition) is 3. The molecule has 2 aromatic heterocycles. The molecule has 0 saturated carbocycles. The number of nitrogens with zero attached hydrogens (tertiary/aromatic N) is 1. The first-order chi connectivity index (χ1) is 8.06. The summed E-state index contributed by atoms with van der Waals surface area (Å²) in [5, 5.41) is 2.71. The molecule has 0 spiro atoms. The summed E-state index contributed by atoms with van der Waals surface area (Å²) in [6.45, 7) is 3.57. The minimum atomic E-state index is -0.214. The molecule has 2 rings (SSSR count). The lowest BCUT2D eigenvalue weighted by Gasteiger charge is -2.02. The number of rotatable bonds is 2. The quantitative estimate of drug-likeness (QED) is 0.924. The van der Waals surface area contributed by atoms with Gasteiger partial charge in [-0.15, -0.1) is 0 Å². The number of carbonyl (C=O) groups is 1. The van der Waals surface area contributed by atoms with E-state index in [1.165, 1.54) is 0 Å². The Labute approximate surface area is 107 Å². The van der Waals surface area contributed by atoms with Crippen molar-refractivity contribution < 1.29 is 9.21 Å². The number of amides is 1. The number of pyridine rings is 1. The van der Waals surface area contributed by atoms with E-state index in [0.717, 1.165) is 10.2 Å². The highest BCUT2D eigenvalue weighted by molar-refractivity contribution is 9.10. The van der Waals surface area contributed by atoms with Gasteiger partial charge in [0, 0.05) is 10.7 Å². The van der Waals surface area contributed by atoms with E-state index >= 15 is 0 Å². The number of aromatic nitrogens is 1. The summed E-state index contributed by atoms with van der Waals surface area (Å²) < 4.78 is 6.17. The second-order valence-corrected chi connectivity index (χ2v) is 4.56. The summed E-state index contributed by atoms with van der Waals surface area (Å²) in [6, 6.07) is 5.25. The molecule has 17 heavy (non-hydrogen) atoms. The van der Waals surface area contributed by atoms with Crippen LogP contribution < -0.4 is 5.32 Å². The second-order valence-electron chi connectivity index (χ2n) is 3.64. The predicted molar refractivity (Wildman–Crippen MR) is 68.1 cm³/mol. The number of hydrogen-bond donors (Lipinski definition) is 1. The van der Waals surface area contributed by atoms with E-state index in [-0.39, 0.29) is 5.91 Å². The third-order valence-electron chi connectivity index (χ3n) is 2.25. The van der Waals surface area contributed by atoms with Crippen molar-refractivity contribution in [3.63, 3.8) is 0 Å². The van der Waals surface area contributed by atoms with Gasteiger partial charge in [-0.05, 0) is 48.0 Å². The molecule has 5 heteroatoms. The Hall–Kier alpha value is -1.62. The fourth-order valence-electron chi connectivity index (χ4n) is 1.49. The average Bonchev–Trinajstić information content (AvgIpc) is 2.61. The smallest absolute Gasteiger partial charge is 0.260 e. The normalized spacial score (nSPS) is 10.3. The predicted octanol–water partition coefficient (Wildman–Crippen LogP) is 3.31. The van der Waals surface area contributed by atoms with E-state index in [1.54, 1.807) is 25.3 Å². The van der Waals surface area contributed by atoms with Crippen molar-refractivity contribution in [3.05, 3.63) is 46.0 Å². The van der Waals surface area contributed by atoms with Crippen LogP contribution in [0.4, 0.5) is 5.82 Å². The topological polar surface area (TPSA) is 55.1 Å². The zero-order valence-corrected chi connectivity index (χ0v) is 11.0. The highest BCUT2D eigenvalue weighted by Crippen LogP contribution is 2.16. The van der Waals surface area contributed by atoms with Crippen LogP contribution in [0.5, 0.6) is 0 Å². The molecular formula is C12H11BrN2O2. The molecule has 0 aromatic carbocycles. The minimum absolute atomic E-state index is 0.214. The van der Waals surface area contributed by atoms with Gasteiger partial charge < -0.3 is 9.73 Å². The Morgan fingerprint density at radius 3 is 2.71 bits per heavy atom. The lowest BCUT2D eigenvalue weighted by atomic mass is 10.2. The van der Waals surface area contributed by atoms with Crippen LogP contribution in [0.3, 0.4) is 0 Å². The van der Waals surface area contributed by atoms with E-state index in [4.69, 9.17) is 4.42 Å². The molecule has 88 valence electrons. The third kappa shape index (κ3) is 2.74. The first-order valence-electron chi connectivity index (χ1n) is 5.06. The monoisotopic (exact) mass is 294 g/mol. The van der Waals surface area contributed by atoms with E-state index in [1.807, 2.05) is 13.0 Å². The van der Waals surface area contributed by atoms with Crippen molar-refractivity contribution in [1.29, 1.82) is 0 Å². The lowest BCUT2D eigenvalue weighted by Crippen LogP contribution is -2.12. The fourth-order valence-corrected chi connectivity index (χ4v) is 1.72. The molecule has 0 saturated heterocycles. The molecule has 0 fully saturated rings. The van der Waals surface area contributed by atoms with Gasteiger partial charge in [0.1, 0.15) is 17.3 Å². The molecule has 4 nitrogen and oxygen atoms in total. The molecule has 1 N–H and O–H groups in total.